The minimum absolute atomic E-state index is 0.162. The maximum absolute atomic E-state index is 12.3. The fraction of sp³-hybridized carbons (Fsp3) is 0.875. The third-order valence-corrected chi connectivity index (χ3v) is 13.0. The van der Waals surface area contributed by atoms with E-state index in [1.165, 1.54) is 21.6 Å². The average molecular weight is 383 g/mol. The molecule has 2 aliphatic carbocycles. The highest BCUT2D eigenvalue weighted by Crippen LogP contribution is 2.76. The number of ketones is 2. The van der Waals surface area contributed by atoms with Gasteiger partial charge in [0, 0.05) is 0 Å². The fourth-order valence-corrected chi connectivity index (χ4v) is 9.65. The van der Waals surface area contributed by atoms with Crippen molar-refractivity contribution in [3.8, 4) is 0 Å². The second kappa shape index (κ2) is 4.62. The van der Waals surface area contributed by atoms with Crippen molar-refractivity contribution in [3.63, 3.8) is 0 Å². The topological polar surface area (TPSA) is 34.1 Å². The smallest absolute Gasteiger partial charge is 0.149 e. The van der Waals surface area contributed by atoms with Crippen LogP contribution in [0, 0.1) is 21.7 Å². The van der Waals surface area contributed by atoms with Crippen LogP contribution in [-0.2, 0) is 9.59 Å². The van der Waals surface area contributed by atoms with E-state index < -0.39 is 30.1 Å². The summed E-state index contributed by atoms with van der Waals surface area (Å²) in [5.74, 6) is 0.324. The van der Waals surface area contributed by atoms with Gasteiger partial charge in [-0.1, -0.05) is 77.0 Å². The van der Waals surface area contributed by atoms with Crippen LogP contribution in [0.15, 0.2) is 0 Å². The van der Waals surface area contributed by atoms with E-state index in [1.807, 2.05) is 55.4 Å². The maximum Gasteiger partial charge on any atom is 0.149 e. The van der Waals surface area contributed by atoms with Gasteiger partial charge in [0.05, 0.1) is 21.7 Å². The summed E-state index contributed by atoms with van der Waals surface area (Å²) in [5.41, 5.74) is -2.48. The Morgan fingerprint density at radius 3 is 0.955 bits per heavy atom. The molecular formula is C16H24Cl2O2S2. The van der Waals surface area contributed by atoms with Crippen molar-refractivity contribution >= 4 is 56.4 Å². The number of carbonyl (C=O) groups excluding carboxylic acids is 2. The highest BCUT2D eigenvalue weighted by molar-refractivity contribution is 8.78. The Kier molecular flexibility index (Phi) is 3.98. The molecule has 2 rings (SSSR count). The Morgan fingerprint density at radius 1 is 0.591 bits per heavy atom. The molecule has 0 saturated heterocycles. The van der Waals surface area contributed by atoms with Crippen molar-refractivity contribution < 1.29 is 9.59 Å². The molecule has 0 heterocycles. The van der Waals surface area contributed by atoms with Gasteiger partial charge in [-0.05, 0) is 0 Å². The molecule has 2 nitrogen and oxygen atoms in total. The summed E-state index contributed by atoms with van der Waals surface area (Å²) >= 11 is 13.7. The Hall–Kier alpha value is 0.620. The lowest BCUT2D eigenvalue weighted by Crippen LogP contribution is -2.71. The SMILES string of the molecule is CC1(C)C(=O)C(C)(C)C1(Cl)SSC1(Cl)C(C)(C)C(=O)C1(C)C. The summed E-state index contributed by atoms with van der Waals surface area (Å²) in [7, 11) is 2.90. The van der Waals surface area contributed by atoms with Crippen molar-refractivity contribution in [2.75, 3.05) is 0 Å². The minimum Gasteiger partial charge on any atom is -0.298 e. The van der Waals surface area contributed by atoms with Crippen LogP contribution >= 0.6 is 44.8 Å². The number of Topliss-reactive ketones (excluding diaryl/α,β-unsaturated/α-hetero) is 2. The van der Waals surface area contributed by atoms with Crippen LogP contribution in [0.5, 0.6) is 0 Å². The van der Waals surface area contributed by atoms with Gasteiger partial charge in [-0.15, -0.1) is 23.2 Å². The molecule has 0 aromatic rings. The molecule has 0 unspecified atom stereocenters. The molecule has 0 N–H and O–H groups in total. The van der Waals surface area contributed by atoms with Crippen LogP contribution in [0.25, 0.3) is 0 Å². The molecule has 2 aliphatic rings. The Labute approximate surface area is 151 Å². The van der Waals surface area contributed by atoms with Crippen molar-refractivity contribution in [2.24, 2.45) is 21.7 Å². The fourth-order valence-electron chi connectivity index (χ4n) is 4.12. The molecular weight excluding hydrogens is 359 g/mol. The largest absolute Gasteiger partial charge is 0.298 e. The predicted molar refractivity (Wildman–Crippen MR) is 97.5 cm³/mol. The monoisotopic (exact) mass is 382 g/mol. The average Bonchev–Trinajstić information content (AvgIpc) is 2.40. The summed E-state index contributed by atoms with van der Waals surface area (Å²) in [6.07, 6.45) is 0. The van der Waals surface area contributed by atoms with Gasteiger partial charge in [0.1, 0.15) is 20.0 Å². The van der Waals surface area contributed by atoms with E-state index in [1.54, 1.807) is 0 Å². The normalized spacial score (nSPS) is 32.1. The van der Waals surface area contributed by atoms with Crippen molar-refractivity contribution in [1.29, 1.82) is 0 Å². The standard InChI is InChI=1S/C16H24Cl2O2S2/c1-11(2)9(19)12(3,4)15(11,17)21-22-16(18)13(5,6)10(20)14(16,7)8/h1-8H3. The molecule has 0 aromatic carbocycles. The Morgan fingerprint density at radius 2 is 0.773 bits per heavy atom. The van der Waals surface area contributed by atoms with Crippen molar-refractivity contribution in [3.05, 3.63) is 0 Å². The summed E-state index contributed by atoms with van der Waals surface area (Å²) < 4.78 is -1.48. The summed E-state index contributed by atoms with van der Waals surface area (Å²) in [6.45, 7) is 15.0. The third kappa shape index (κ3) is 1.74. The van der Waals surface area contributed by atoms with Crippen LogP contribution in [0.2, 0.25) is 0 Å². The summed E-state index contributed by atoms with van der Waals surface area (Å²) in [6, 6.07) is 0. The van der Waals surface area contributed by atoms with Crippen molar-refractivity contribution in [2.45, 2.75) is 63.8 Å². The first-order valence-corrected chi connectivity index (χ1v) is 10.3. The Bertz CT molecular complexity index is 478. The predicted octanol–water partition coefficient (Wildman–Crippen LogP) is 5.51. The van der Waals surface area contributed by atoms with Crippen molar-refractivity contribution in [1.82, 2.24) is 0 Å². The molecule has 0 bridgehead atoms. The van der Waals surface area contributed by atoms with E-state index in [0.717, 1.165) is 0 Å². The molecule has 126 valence electrons. The first-order chi connectivity index (χ1) is 9.52. The van der Waals surface area contributed by atoms with Crippen LogP contribution in [0.3, 0.4) is 0 Å². The van der Waals surface area contributed by atoms with Gasteiger partial charge in [0.2, 0.25) is 0 Å². The second-order valence-electron chi connectivity index (χ2n) is 8.52. The van der Waals surface area contributed by atoms with E-state index in [2.05, 4.69) is 0 Å². The molecule has 0 atom stereocenters. The first kappa shape index (κ1) is 19.0. The maximum atomic E-state index is 12.3. The summed E-state index contributed by atoms with van der Waals surface area (Å²) in [5, 5.41) is 0. The zero-order chi connectivity index (χ0) is 17.6. The van der Waals surface area contributed by atoms with Gasteiger partial charge in [0.25, 0.3) is 0 Å². The lowest BCUT2D eigenvalue weighted by molar-refractivity contribution is -0.153. The Balaban J connectivity index is 2.27. The van der Waals surface area contributed by atoms with Crippen LogP contribution < -0.4 is 0 Å². The van der Waals surface area contributed by atoms with Gasteiger partial charge < -0.3 is 0 Å². The number of hydrogen-bond acceptors (Lipinski definition) is 4. The highest BCUT2D eigenvalue weighted by atomic mass is 35.5. The zero-order valence-electron chi connectivity index (χ0n) is 14.4. The molecule has 2 saturated carbocycles. The summed E-state index contributed by atoms with van der Waals surface area (Å²) in [4.78, 5) is 24.7. The van der Waals surface area contributed by atoms with Gasteiger partial charge in [-0.2, -0.15) is 0 Å². The van der Waals surface area contributed by atoms with Gasteiger partial charge in [-0.25, -0.2) is 0 Å². The highest BCUT2D eigenvalue weighted by Gasteiger charge is 2.76. The third-order valence-electron chi connectivity index (χ3n) is 5.76. The molecule has 22 heavy (non-hydrogen) atoms. The van der Waals surface area contributed by atoms with E-state index in [4.69, 9.17) is 23.2 Å². The van der Waals surface area contributed by atoms with Crippen LogP contribution in [0.4, 0.5) is 0 Å². The molecule has 6 heteroatoms. The lowest BCUT2D eigenvalue weighted by Gasteiger charge is -2.64. The van der Waals surface area contributed by atoms with Gasteiger partial charge in [0.15, 0.2) is 0 Å². The molecule has 0 spiro atoms. The first-order valence-electron chi connectivity index (χ1n) is 7.36. The molecule has 2 fully saturated rings. The minimum atomic E-state index is -0.742. The lowest BCUT2D eigenvalue weighted by atomic mass is 9.54. The van der Waals surface area contributed by atoms with Crippen LogP contribution in [0.1, 0.15) is 55.4 Å². The number of carbonyl (C=O) groups is 2. The van der Waals surface area contributed by atoms with E-state index >= 15 is 0 Å². The number of halogens is 2. The molecule has 0 aromatic heterocycles. The quantitative estimate of drug-likeness (QED) is 0.475. The van der Waals surface area contributed by atoms with Gasteiger partial charge in [-0.3, -0.25) is 9.59 Å². The zero-order valence-corrected chi connectivity index (χ0v) is 17.5. The second-order valence-corrected chi connectivity index (χ2v) is 12.7. The number of alkyl halides is 2. The van der Waals surface area contributed by atoms with E-state index in [-0.39, 0.29) is 11.6 Å². The van der Waals surface area contributed by atoms with Crippen LogP contribution in [-0.4, -0.2) is 20.0 Å². The number of hydrogen-bond donors (Lipinski definition) is 0. The van der Waals surface area contributed by atoms with Gasteiger partial charge >= 0.3 is 0 Å². The number of rotatable bonds is 3. The molecule has 0 amide bonds. The molecule has 0 radical (unpaired) electrons. The van der Waals surface area contributed by atoms with E-state index in [9.17, 15) is 9.59 Å². The molecule has 0 aliphatic heterocycles. The van der Waals surface area contributed by atoms with E-state index in [0.29, 0.717) is 0 Å².